The normalized spacial score (nSPS) is 20.9. The summed E-state index contributed by atoms with van der Waals surface area (Å²) in [6, 6.07) is 0. The van der Waals surface area contributed by atoms with Gasteiger partial charge in [-0.1, -0.05) is 27.7 Å². The maximum atomic E-state index is 12.0. The van der Waals surface area contributed by atoms with Gasteiger partial charge in [0, 0.05) is 6.42 Å². The first kappa shape index (κ1) is 15.0. The standard InChI is InChI=1S/C14H25NO3/c1-9(13(2,3)4)8-11(16)15-14(5,12(17)18)10-6-7-10/h9-10H,6-8H2,1-5H3,(H,15,16)(H,17,18). The van der Waals surface area contributed by atoms with Gasteiger partial charge in [0.15, 0.2) is 0 Å². The maximum Gasteiger partial charge on any atom is 0.329 e. The number of rotatable bonds is 5. The lowest BCUT2D eigenvalue weighted by atomic mass is 9.80. The van der Waals surface area contributed by atoms with E-state index in [0.29, 0.717) is 6.42 Å². The predicted molar refractivity (Wildman–Crippen MR) is 70.1 cm³/mol. The average Bonchev–Trinajstić information content (AvgIpc) is 2.98. The quantitative estimate of drug-likeness (QED) is 0.793. The predicted octanol–water partition coefficient (Wildman–Crippen LogP) is 2.43. The molecule has 4 heteroatoms. The largest absolute Gasteiger partial charge is 0.480 e. The van der Waals surface area contributed by atoms with Crippen LogP contribution in [-0.2, 0) is 9.59 Å². The Morgan fingerprint density at radius 1 is 1.28 bits per heavy atom. The van der Waals surface area contributed by atoms with Crippen molar-refractivity contribution in [3.05, 3.63) is 0 Å². The molecular formula is C14H25NO3. The second-order valence-corrected chi connectivity index (χ2v) is 6.80. The minimum atomic E-state index is -1.09. The Morgan fingerprint density at radius 2 is 1.78 bits per heavy atom. The molecule has 1 saturated carbocycles. The number of carboxylic acid groups (broad SMARTS) is 1. The van der Waals surface area contributed by atoms with Gasteiger partial charge in [-0.05, 0) is 37.0 Å². The van der Waals surface area contributed by atoms with Crippen LogP contribution in [0.1, 0.15) is 53.9 Å². The summed E-state index contributed by atoms with van der Waals surface area (Å²) in [6.45, 7) is 9.90. The fourth-order valence-electron chi connectivity index (χ4n) is 1.92. The molecule has 0 bridgehead atoms. The number of hydrogen-bond acceptors (Lipinski definition) is 2. The highest BCUT2D eigenvalue weighted by Crippen LogP contribution is 2.40. The van der Waals surface area contributed by atoms with Crippen LogP contribution in [0, 0.1) is 17.3 Å². The highest BCUT2D eigenvalue weighted by Gasteiger charge is 2.48. The van der Waals surface area contributed by atoms with Crippen molar-refractivity contribution in [2.45, 2.75) is 59.4 Å². The van der Waals surface area contributed by atoms with E-state index in [1.807, 2.05) is 6.92 Å². The molecular weight excluding hydrogens is 230 g/mol. The van der Waals surface area contributed by atoms with Crippen molar-refractivity contribution in [2.24, 2.45) is 17.3 Å². The third kappa shape index (κ3) is 3.47. The molecule has 4 nitrogen and oxygen atoms in total. The molecule has 104 valence electrons. The third-order valence-electron chi connectivity index (χ3n) is 4.21. The molecule has 0 aromatic carbocycles. The molecule has 0 aromatic rings. The van der Waals surface area contributed by atoms with Crippen LogP contribution >= 0.6 is 0 Å². The number of carbonyl (C=O) groups is 2. The van der Waals surface area contributed by atoms with Gasteiger partial charge < -0.3 is 10.4 Å². The Bertz CT molecular complexity index is 341. The van der Waals surface area contributed by atoms with E-state index in [1.54, 1.807) is 6.92 Å². The van der Waals surface area contributed by atoms with Crippen LogP contribution in [0.15, 0.2) is 0 Å². The number of aliphatic carboxylic acids is 1. The number of carbonyl (C=O) groups excluding carboxylic acids is 1. The number of hydrogen-bond donors (Lipinski definition) is 2. The molecule has 18 heavy (non-hydrogen) atoms. The zero-order chi connectivity index (χ0) is 14.1. The van der Waals surface area contributed by atoms with E-state index in [9.17, 15) is 14.7 Å². The molecule has 1 aliphatic carbocycles. The Hall–Kier alpha value is -1.06. The van der Waals surface area contributed by atoms with Crippen LogP contribution < -0.4 is 5.32 Å². The first-order valence-corrected chi connectivity index (χ1v) is 6.61. The van der Waals surface area contributed by atoms with E-state index in [2.05, 4.69) is 26.1 Å². The molecule has 1 aliphatic rings. The highest BCUT2D eigenvalue weighted by molar-refractivity contribution is 5.87. The third-order valence-corrected chi connectivity index (χ3v) is 4.21. The smallest absolute Gasteiger partial charge is 0.329 e. The fraction of sp³-hybridized carbons (Fsp3) is 0.857. The summed E-state index contributed by atoms with van der Waals surface area (Å²) in [7, 11) is 0. The van der Waals surface area contributed by atoms with Gasteiger partial charge in [-0.3, -0.25) is 4.79 Å². The molecule has 0 heterocycles. The van der Waals surface area contributed by atoms with Crippen LogP contribution in [0.2, 0.25) is 0 Å². The summed E-state index contributed by atoms with van der Waals surface area (Å²) >= 11 is 0. The average molecular weight is 255 g/mol. The Kier molecular flexibility index (Phi) is 4.08. The van der Waals surface area contributed by atoms with E-state index < -0.39 is 11.5 Å². The Balaban J connectivity index is 2.61. The van der Waals surface area contributed by atoms with E-state index in [4.69, 9.17) is 0 Å². The molecule has 2 atom stereocenters. The Morgan fingerprint density at radius 3 is 2.11 bits per heavy atom. The van der Waals surface area contributed by atoms with Crippen molar-refractivity contribution in [2.75, 3.05) is 0 Å². The van der Waals surface area contributed by atoms with Crippen molar-refractivity contribution in [3.63, 3.8) is 0 Å². The van der Waals surface area contributed by atoms with Crippen molar-refractivity contribution >= 4 is 11.9 Å². The van der Waals surface area contributed by atoms with Crippen molar-refractivity contribution in [1.82, 2.24) is 5.32 Å². The van der Waals surface area contributed by atoms with E-state index in [0.717, 1.165) is 12.8 Å². The van der Waals surface area contributed by atoms with Crippen LogP contribution in [0.3, 0.4) is 0 Å². The van der Waals surface area contributed by atoms with Crippen LogP contribution in [0.4, 0.5) is 0 Å². The summed E-state index contributed by atoms with van der Waals surface area (Å²) in [4.78, 5) is 23.3. The van der Waals surface area contributed by atoms with Gasteiger partial charge in [0.25, 0.3) is 0 Å². The molecule has 2 N–H and O–H groups in total. The van der Waals surface area contributed by atoms with Crippen LogP contribution in [0.5, 0.6) is 0 Å². The van der Waals surface area contributed by atoms with Crippen molar-refractivity contribution < 1.29 is 14.7 Å². The summed E-state index contributed by atoms with van der Waals surface area (Å²) in [6.07, 6.45) is 2.15. The zero-order valence-electron chi connectivity index (χ0n) is 12.0. The van der Waals surface area contributed by atoms with Gasteiger partial charge >= 0.3 is 5.97 Å². The first-order chi connectivity index (χ1) is 8.07. The molecule has 2 unspecified atom stereocenters. The minimum absolute atomic E-state index is 0.0521. The lowest BCUT2D eigenvalue weighted by molar-refractivity contribution is -0.148. The van der Waals surface area contributed by atoms with Crippen molar-refractivity contribution in [3.8, 4) is 0 Å². The summed E-state index contributed by atoms with van der Waals surface area (Å²) in [5.74, 6) is -0.783. The minimum Gasteiger partial charge on any atom is -0.480 e. The van der Waals surface area contributed by atoms with E-state index in [1.165, 1.54) is 0 Å². The van der Waals surface area contributed by atoms with Gasteiger partial charge in [0.1, 0.15) is 5.54 Å². The van der Waals surface area contributed by atoms with Gasteiger partial charge in [0.05, 0.1) is 0 Å². The summed E-state index contributed by atoms with van der Waals surface area (Å²) < 4.78 is 0. The zero-order valence-corrected chi connectivity index (χ0v) is 12.0. The molecule has 0 saturated heterocycles. The highest BCUT2D eigenvalue weighted by atomic mass is 16.4. The first-order valence-electron chi connectivity index (χ1n) is 6.61. The Labute approximate surface area is 109 Å². The van der Waals surface area contributed by atoms with E-state index in [-0.39, 0.29) is 23.2 Å². The van der Waals surface area contributed by atoms with Gasteiger partial charge in [0.2, 0.25) is 5.91 Å². The molecule has 1 amide bonds. The van der Waals surface area contributed by atoms with E-state index >= 15 is 0 Å². The number of carboxylic acids is 1. The monoisotopic (exact) mass is 255 g/mol. The van der Waals surface area contributed by atoms with Crippen molar-refractivity contribution in [1.29, 1.82) is 0 Å². The maximum absolute atomic E-state index is 12.0. The molecule has 0 aromatic heterocycles. The summed E-state index contributed by atoms with van der Waals surface area (Å²) in [5.41, 5.74) is -1.04. The van der Waals surface area contributed by atoms with Gasteiger partial charge in [-0.15, -0.1) is 0 Å². The molecule has 0 radical (unpaired) electrons. The topological polar surface area (TPSA) is 66.4 Å². The lowest BCUT2D eigenvalue weighted by Crippen LogP contribution is -2.54. The molecule has 1 fully saturated rings. The van der Waals surface area contributed by atoms with Gasteiger partial charge in [-0.2, -0.15) is 0 Å². The SMILES string of the molecule is CC(CC(=O)NC(C)(C(=O)O)C1CC1)C(C)(C)C. The summed E-state index contributed by atoms with van der Waals surface area (Å²) in [5, 5.41) is 12.0. The van der Waals surface area contributed by atoms with Gasteiger partial charge in [-0.25, -0.2) is 4.79 Å². The van der Waals surface area contributed by atoms with Crippen LogP contribution in [-0.4, -0.2) is 22.5 Å². The molecule has 0 aliphatic heterocycles. The number of nitrogens with one attached hydrogen (secondary N) is 1. The molecule has 1 rings (SSSR count). The molecule has 0 spiro atoms. The van der Waals surface area contributed by atoms with Crippen LogP contribution in [0.25, 0.3) is 0 Å². The number of amides is 1. The fourth-order valence-corrected chi connectivity index (χ4v) is 1.92. The second kappa shape index (κ2) is 4.90. The lowest BCUT2D eigenvalue weighted by Gasteiger charge is -2.30. The second-order valence-electron chi connectivity index (χ2n) is 6.80.